The van der Waals surface area contributed by atoms with Crippen molar-refractivity contribution in [3.63, 3.8) is 0 Å². The van der Waals surface area contributed by atoms with Gasteiger partial charge in [0.1, 0.15) is 5.00 Å². The summed E-state index contributed by atoms with van der Waals surface area (Å²) in [5.41, 5.74) is 2.14. The van der Waals surface area contributed by atoms with Crippen LogP contribution in [0.1, 0.15) is 58.3 Å². The SMILES string of the molecule is CC1CCc2c(sc(NC(=O)c3ccc(Br)cc3)c2C(=O)OC(C)C)C1. The molecule has 138 valence electrons. The first kappa shape index (κ1) is 19.1. The third-order valence-electron chi connectivity index (χ3n) is 4.39. The maximum absolute atomic E-state index is 12.7. The third-order valence-corrected chi connectivity index (χ3v) is 6.09. The average molecular weight is 436 g/mol. The third kappa shape index (κ3) is 4.18. The zero-order chi connectivity index (χ0) is 18.8. The van der Waals surface area contributed by atoms with Crippen LogP contribution in [-0.2, 0) is 17.6 Å². The molecule has 0 bridgehead atoms. The first-order valence-corrected chi connectivity index (χ1v) is 10.4. The standard InChI is InChI=1S/C20H22BrNO3S/c1-11(2)25-20(24)17-15-9-4-12(3)10-16(15)26-19(17)22-18(23)13-5-7-14(21)8-6-13/h5-8,11-12H,4,9-10H2,1-3H3,(H,22,23). The number of hydrogen-bond acceptors (Lipinski definition) is 4. The maximum Gasteiger partial charge on any atom is 0.341 e. The second-order valence-corrected chi connectivity index (χ2v) is 8.99. The van der Waals surface area contributed by atoms with Crippen molar-refractivity contribution < 1.29 is 14.3 Å². The van der Waals surface area contributed by atoms with Crippen LogP contribution in [0, 0.1) is 5.92 Å². The Morgan fingerprint density at radius 2 is 1.96 bits per heavy atom. The quantitative estimate of drug-likeness (QED) is 0.649. The minimum atomic E-state index is -0.349. The number of benzene rings is 1. The van der Waals surface area contributed by atoms with Crippen LogP contribution in [0.25, 0.3) is 0 Å². The number of thiophene rings is 1. The second-order valence-electron chi connectivity index (χ2n) is 6.97. The molecule has 2 aromatic rings. The Labute approximate surface area is 166 Å². The van der Waals surface area contributed by atoms with E-state index in [1.54, 1.807) is 12.1 Å². The summed E-state index contributed by atoms with van der Waals surface area (Å²) in [5.74, 6) is 0.0195. The first-order valence-electron chi connectivity index (χ1n) is 8.77. The summed E-state index contributed by atoms with van der Waals surface area (Å²) < 4.78 is 6.35. The van der Waals surface area contributed by atoms with Gasteiger partial charge in [0.05, 0.1) is 11.7 Å². The van der Waals surface area contributed by atoms with Gasteiger partial charge < -0.3 is 10.1 Å². The lowest BCUT2D eigenvalue weighted by Crippen LogP contribution is -2.18. The van der Waals surface area contributed by atoms with E-state index in [1.165, 1.54) is 16.2 Å². The Balaban J connectivity index is 1.93. The minimum Gasteiger partial charge on any atom is -0.459 e. The fourth-order valence-corrected chi connectivity index (χ4v) is 4.76. The molecule has 1 aromatic heterocycles. The lowest BCUT2D eigenvalue weighted by atomic mass is 9.88. The van der Waals surface area contributed by atoms with Crippen LogP contribution >= 0.6 is 27.3 Å². The molecule has 1 amide bonds. The van der Waals surface area contributed by atoms with Gasteiger partial charge in [-0.2, -0.15) is 0 Å². The number of hydrogen-bond donors (Lipinski definition) is 1. The molecule has 0 radical (unpaired) electrons. The number of rotatable bonds is 4. The number of halogens is 1. The van der Waals surface area contributed by atoms with E-state index >= 15 is 0 Å². The van der Waals surface area contributed by atoms with Crippen molar-refractivity contribution in [2.24, 2.45) is 5.92 Å². The molecule has 1 unspecified atom stereocenters. The van der Waals surface area contributed by atoms with Crippen LogP contribution in [0.15, 0.2) is 28.7 Å². The normalized spacial score (nSPS) is 16.3. The number of carbonyl (C=O) groups excluding carboxylic acids is 2. The molecule has 0 aliphatic heterocycles. The van der Waals surface area contributed by atoms with Crippen molar-refractivity contribution in [2.45, 2.75) is 46.1 Å². The molecule has 1 atom stereocenters. The largest absolute Gasteiger partial charge is 0.459 e. The fraction of sp³-hybridized carbons (Fsp3) is 0.400. The van der Waals surface area contributed by atoms with E-state index in [2.05, 4.69) is 28.2 Å². The minimum absolute atomic E-state index is 0.199. The molecular formula is C20H22BrNO3S. The number of anilines is 1. The molecule has 1 aromatic carbocycles. The topological polar surface area (TPSA) is 55.4 Å². The highest BCUT2D eigenvalue weighted by atomic mass is 79.9. The van der Waals surface area contributed by atoms with Crippen LogP contribution in [0.4, 0.5) is 5.00 Å². The summed E-state index contributed by atoms with van der Waals surface area (Å²) in [6, 6.07) is 7.15. The molecule has 3 rings (SSSR count). The van der Waals surface area contributed by atoms with Crippen LogP contribution in [0.3, 0.4) is 0 Å². The van der Waals surface area contributed by atoms with Gasteiger partial charge in [-0.25, -0.2) is 4.79 Å². The van der Waals surface area contributed by atoms with Crippen LogP contribution in [0.2, 0.25) is 0 Å². The number of fused-ring (bicyclic) bond motifs is 1. The molecule has 4 nitrogen and oxygen atoms in total. The fourth-order valence-electron chi connectivity index (χ4n) is 3.10. The van der Waals surface area contributed by atoms with Gasteiger partial charge in [0.25, 0.3) is 5.91 Å². The molecule has 6 heteroatoms. The highest BCUT2D eigenvalue weighted by Gasteiger charge is 2.29. The van der Waals surface area contributed by atoms with Crippen molar-refractivity contribution in [2.75, 3.05) is 5.32 Å². The van der Waals surface area contributed by atoms with Gasteiger partial charge in [0.2, 0.25) is 0 Å². The van der Waals surface area contributed by atoms with Crippen molar-refractivity contribution in [3.05, 3.63) is 50.3 Å². The van der Waals surface area contributed by atoms with Crippen molar-refractivity contribution in [1.29, 1.82) is 0 Å². The molecule has 1 heterocycles. The van der Waals surface area contributed by atoms with E-state index in [0.29, 0.717) is 22.0 Å². The lowest BCUT2D eigenvalue weighted by molar-refractivity contribution is 0.0378. The number of carbonyl (C=O) groups is 2. The Morgan fingerprint density at radius 1 is 1.27 bits per heavy atom. The van der Waals surface area contributed by atoms with Crippen molar-refractivity contribution in [1.82, 2.24) is 0 Å². The van der Waals surface area contributed by atoms with Gasteiger partial charge in [-0.15, -0.1) is 11.3 Å². The molecule has 1 N–H and O–H groups in total. The van der Waals surface area contributed by atoms with Crippen molar-refractivity contribution in [3.8, 4) is 0 Å². The van der Waals surface area contributed by atoms with Crippen molar-refractivity contribution >= 4 is 44.1 Å². The van der Waals surface area contributed by atoms with Gasteiger partial charge in [-0.3, -0.25) is 4.79 Å². The monoisotopic (exact) mass is 435 g/mol. The summed E-state index contributed by atoms with van der Waals surface area (Å²) in [4.78, 5) is 26.5. The zero-order valence-electron chi connectivity index (χ0n) is 15.1. The smallest absolute Gasteiger partial charge is 0.341 e. The van der Waals surface area contributed by atoms with E-state index in [9.17, 15) is 9.59 Å². The first-order chi connectivity index (χ1) is 12.3. The molecule has 26 heavy (non-hydrogen) atoms. The van der Waals surface area contributed by atoms with E-state index in [4.69, 9.17) is 4.74 Å². The molecular weight excluding hydrogens is 414 g/mol. The number of amides is 1. The molecule has 0 saturated carbocycles. The van der Waals surface area contributed by atoms with E-state index < -0.39 is 0 Å². The Morgan fingerprint density at radius 3 is 2.62 bits per heavy atom. The van der Waals surface area contributed by atoms with Crippen LogP contribution in [-0.4, -0.2) is 18.0 Å². The zero-order valence-corrected chi connectivity index (χ0v) is 17.5. The molecule has 0 fully saturated rings. The second kappa shape index (κ2) is 7.92. The number of ether oxygens (including phenoxy) is 1. The van der Waals surface area contributed by atoms with E-state index in [1.807, 2.05) is 26.0 Å². The van der Waals surface area contributed by atoms with Gasteiger partial charge in [-0.05, 0) is 68.9 Å². The van der Waals surface area contributed by atoms with E-state index in [0.717, 1.165) is 29.3 Å². The number of esters is 1. The predicted molar refractivity (Wildman–Crippen MR) is 108 cm³/mol. The summed E-state index contributed by atoms with van der Waals surface area (Å²) >= 11 is 4.87. The molecule has 1 aliphatic carbocycles. The number of nitrogens with one attached hydrogen (secondary N) is 1. The Bertz CT molecular complexity index is 826. The maximum atomic E-state index is 12.7. The molecule has 1 aliphatic rings. The van der Waals surface area contributed by atoms with Gasteiger partial charge in [0.15, 0.2) is 0 Å². The average Bonchev–Trinajstić information content (AvgIpc) is 2.91. The summed E-state index contributed by atoms with van der Waals surface area (Å²) in [6.07, 6.45) is 2.64. The van der Waals surface area contributed by atoms with Gasteiger partial charge in [0, 0.05) is 14.9 Å². The Kier molecular flexibility index (Phi) is 5.82. The summed E-state index contributed by atoms with van der Waals surface area (Å²) in [6.45, 7) is 5.88. The lowest BCUT2D eigenvalue weighted by Gasteiger charge is -2.18. The van der Waals surface area contributed by atoms with Gasteiger partial charge in [-0.1, -0.05) is 22.9 Å². The Hall–Kier alpha value is -1.66. The summed E-state index contributed by atoms with van der Waals surface area (Å²) in [5, 5.41) is 3.54. The molecule has 0 spiro atoms. The predicted octanol–water partition coefficient (Wildman–Crippen LogP) is 5.45. The van der Waals surface area contributed by atoms with E-state index in [-0.39, 0.29) is 18.0 Å². The highest BCUT2D eigenvalue weighted by Crippen LogP contribution is 2.40. The summed E-state index contributed by atoms with van der Waals surface area (Å²) in [7, 11) is 0. The van der Waals surface area contributed by atoms with Gasteiger partial charge >= 0.3 is 5.97 Å². The van der Waals surface area contributed by atoms with Crippen LogP contribution in [0.5, 0.6) is 0 Å². The molecule has 0 saturated heterocycles. The van der Waals surface area contributed by atoms with Crippen LogP contribution < -0.4 is 5.32 Å². The highest BCUT2D eigenvalue weighted by molar-refractivity contribution is 9.10.